The maximum absolute atomic E-state index is 13.5. The highest BCUT2D eigenvalue weighted by Gasteiger charge is 2.27. The Bertz CT molecular complexity index is 1480. The third-order valence-corrected chi connectivity index (χ3v) is 5.41. The summed E-state index contributed by atoms with van der Waals surface area (Å²) >= 11 is 0. The molecule has 0 unspecified atom stereocenters. The molecule has 0 aliphatic heterocycles. The van der Waals surface area contributed by atoms with Gasteiger partial charge in [-0.05, 0) is 75.2 Å². The fourth-order valence-corrected chi connectivity index (χ4v) is 3.91. The lowest BCUT2D eigenvalue weighted by molar-refractivity contribution is -0.128. The topological polar surface area (TPSA) is 98.9 Å². The van der Waals surface area contributed by atoms with Gasteiger partial charge in [-0.15, -0.1) is 0 Å². The zero-order chi connectivity index (χ0) is 25.1. The van der Waals surface area contributed by atoms with E-state index < -0.39 is 22.9 Å². The van der Waals surface area contributed by atoms with Crippen molar-refractivity contribution in [3.63, 3.8) is 0 Å². The summed E-state index contributed by atoms with van der Waals surface area (Å²) < 4.78 is 16.5. The largest absolute Gasteiger partial charge is 0.506 e. The number of esters is 1. The second kappa shape index (κ2) is 9.85. The first kappa shape index (κ1) is 23.8. The van der Waals surface area contributed by atoms with Crippen molar-refractivity contribution in [2.75, 3.05) is 6.61 Å². The summed E-state index contributed by atoms with van der Waals surface area (Å²) in [5, 5.41) is 11.2. The summed E-state index contributed by atoms with van der Waals surface area (Å²) in [7, 11) is 0. The number of para-hydroxylation sites is 2. The third-order valence-electron chi connectivity index (χ3n) is 5.41. The van der Waals surface area contributed by atoms with Gasteiger partial charge in [0.15, 0.2) is 11.3 Å². The van der Waals surface area contributed by atoms with Crippen LogP contribution in [-0.2, 0) is 4.79 Å². The van der Waals surface area contributed by atoms with Gasteiger partial charge in [0.25, 0.3) is 0 Å². The van der Waals surface area contributed by atoms with Crippen LogP contribution in [0.25, 0.3) is 22.4 Å². The molecule has 0 atom stereocenters. The number of aromatic nitrogens is 1. The fraction of sp³-hybridized carbons (Fsp3) is 0.179. The highest BCUT2D eigenvalue weighted by atomic mass is 16.5. The summed E-state index contributed by atoms with van der Waals surface area (Å²) in [5.74, 6) is -0.442. The molecule has 35 heavy (non-hydrogen) atoms. The average Bonchev–Trinajstić information content (AvgIpc) is 2.82. The molecule has 0 spiro atoms. The highest BCUT2D eigenvalue weighted by Crippen LogP contribution is 2.30. The summed E-state index contributed by atoms with van der Waals surface area (Å²) in [4.78, 5) is 30.7. The van der Waals surface area contributed by atoms with Crippen LogP contribution in [0, 0.1) is 20.8 Å². The zero-order valence-corrected chi connectivity index (χ0v) is 19.9. The van der Waals surface area contributed by atoms with Gasteiger partial charge < -0.3 is 19.0 Å². The van der Waals surface area contributed by atoms with Crippen LogP contribution in [0.2, 0.25) is 0 Å². The summed E-state index contributed by atoms with van der Waals surface area (Å²) in [6, 6.07) is 16.9. The fourth-order valence-electron chi connectivity index (χ4n) is 3.91. The lowest BCUT2D eigenvalue weighted by Gasteiger charge is -2.14. The maximum atomic E-state index is 13.5. The Morgan fingerprint density at radius 1 is 1.00 bits per heavy atom. The Kier molecular flexibility index (Phi) is 6.68. The average molecular weight is 472 g/mol. The number of carbonyl (C=O) groups excluding carboxylic acids is 1. The van der Waals surface area contributed by atoms with Crippen LogP contribution in [0.1, 0.15) is 34.9 Å². The second-order valence-corrected chi connectivity index (χ2v) is 8.12. The molecule has 1 heterocycles. The van der Waals surface area contributed by atoms with Gasteiger partial charge in [-0.1, -0.05) is 29.8 Å². The second-order valence-electron chi connectivity index (χ2n) is 8.12. The quantitative estimate of drug-likeness (QED) is 0.170. The Hall–Kier alpha value is -4.39. The highest BCUT2D eigenvalue weighted by molar-refractivity contribution is 6.23. The van der Waals surface area contributed by atoms with Crippen LogP contribution in [0.4, 0.5) is 0 Å². The van der Waals surface area contributed by atoms with Gasteiger partial charge in [0, 0.05) is 5.56 Å². The number of aliphatic hydroxyl groups excluding tert-OH is 1. The predicted molar refractivity (Wildman–Crippen MR) is 134 cm³/mol. The molecular formula is C28H25NO6. The van der Waals surface area contributed by atoms with Crippen LogP contribution in [0.15, 0.2) is 69.9 Å². The van der Waals surface area contributed by atoms with E-state index in [1.807, 2.05) is 39.8 Å². The van der Waals surface area contributed by atoms with Gasteiger partial charge in [-0.25, -0.2) is 14.6 Å². The number of aliphatic hydroxyl groups is 1. The van der Waals surface area contributed by atoms with E-state index in [9.17, 15) is 14.7 Å². The van der Waals surface area contributed by atoms with Crippen molar-refractivity contribution < 1.29 is 23.8 Å². The van der Waals surface area contributed by atoms with Crippen LogP contribution >= 0.6 is 0 Å². The molecular weight excluding hydrogens is 446 g/mol. The van der Waals surface area contributed by atoms with Crippen molar-refractivity contribution in [3.8, 4) is 11.5 Å². The van der Waals surface area contributed by atoms with E-state index in [1.54, 1.807) is 48.5 Å². The number of aryl methyl sites for hydroxylation is 3. The molecule has 4 aromatic rings. The first-order valence-electron chi connectivity index (χ1n) is 11.1. The molecule has 0 aliphatic carbocycles. The van der Waals surface area contributed by atoms with Gasteiger partial charge in [0.05, 0.1) is 6.61 Å². The zero-order valence-electron chi connectivity index (χ0n) is 19.9. The molecule has 4 rings (SSSR count). The van der Waals surface area contributed by atoms with Crippen molar-refractivity contribution in [1.82, 2.24) is 4.98 Å². The molecule has 0 aliphatic rings. The number of hydrogen-bond acceptors (Lipinski definition) is 7. The molecule has 0 saturated heterocycles. The molecule has 3 aromatic carbocycles. The minimum atomic E-state index is -0.929. The third kappa shape index (κ3) is 4.94. The Labute approximate surface area is 202 Å². The van der Waals surface area contributed by atoms with E-state index in [-0.39, 0.29) is 16.8 Å². The molecule has 7 heteroatoms. The first-order valence-corrected chi connectivity index (χ1v) is 11.1. The van der Waals surface area contributed by atoms with Gasteiger partial charge >= 0.3 is 11.6 Å². The van der Waals surface area contributed by atoms with Crippen LogP contribution < -0.4 is 15.1 Å². The summed E-state index contributed by atoms with van der Waals surface area (Å²) in [6.45, 7) is 7.93. The van der Waals surface area contributed by atoms with Crippen LogP contribution in [0.3, 0.4) is 0 Å². The van der Waals surface area contributed by atoms with Crippen LogP contribution in [-0.4, -0.2) is 22.7 Å². The minimum Gasteiger partial charge on any atom is -0.506 e. The molecule has 0 amide bonds. The van der Waals surface area contributed by atoms with E-state index in [1.165, 1.54) is 0 Å². The number of rotatable bonds is 6. The molecule has 1 N–H and O–H groups in total. The number of ether oxygens (including phenoxy) is 2. The van der Waals surface area contributed by atoms with E-state index in [2.05, 4.69) is 4.98 Å². The number of nitrogens with zero attached hydrogens (tertiary/aromatic N) is 1. The molecule has 0 saturated carbocycles. The van der Waals surface area contributed by atoms with Crippen molar-refractivity contribution in [2.45, 2.75) is 27.7 Å². The van der Waals surface area contributed by atoms with Crippen LogP contribution in [0.5, 0.6) is 11.5 Å². The SMILES string of the molecule is CCOc1ccc(C(O)=C(C(=O)Oc2c(C)cc(C)cc2C)c2nc3ccccc3oc2=O)cc1. The lowest BCUT2D eigenvalue weighted by atomic mass is 10.0. The van der Waals surface area contributed by atoms with Gasteiger partial charge in [-0.3, -0.25) is 0 Å². The van der Waals surface area contributed by atoms with Crippen molar-refractivity contribution in [3.05, 3.63) is 99.0 Å². The smallest absolute Gasteiger partial charge is 0.363 e. The van der Waals surface area contributed by atoms with E-state index in [0.29, 0.717) is 23.6 Å². The van der Waals surface area contributed by atoms with E-state index in [4.69, 9.17) is 13.9 Å². The van der Waals surface area contributed by atoms with E-state index in [0.717, 1.165) is 16.7 Å². The minimum absolute atomic E-state index is 0.264. The molecule has 1 aromatic heterocycles. The monoisotopic (exact) mass is 471 g/mol. The molecule has 0 bridgehead atoms. The number of carbonyl (C=O) groups is 1. The number of fused-ring (bicyclic) bond motifs is 1. The van der Waals surface area contributed by atoms with E-state index >= 15 is 0 Å². The summed E-state index contributed by atoms with van der Waals surface area (Å²) in [5.41, 5.74) is 1.80. The van der Waals surface area contributed by atoms with Crippen molar-refractivity contribution in [2.24, 2.45) is 0 Å². The molecule has 178 valence electrons. The molecule has 0 fully saturated rings. The lowest BCUT2D eigenvalue weighted by Crippen LogP contribution is -2.20. The number of hydrogen-bond donors (Lipinski definition) is 1. The molecule has 0 radical (unpaired) electrons. The Balaban J connectivity index is 1.89. The maximum Gasteiger partial charge on any atom is 0.363 e. The Morgan fingerprint density at radius 3 is 2.31 bits per heavy atom. The predicted octanol–water partition coefficient (Wildman–Crippen LogP) is 5.54. The van der Waals surface area contributed by atoms with Crippen molar-refractivity contribution in [1.29, 1.82) is 0 Å². The standard InChI is InChI=1S/C28H25NO6/c1-5-33-20-12-10-19(11-13-20)25(30)23(24-28(32)34-22-9-7-6-8-21(22)29-24)27(31)35-26-17(3)14-16(2)15-18(26)4/h6-15,30H,5H2,1-4H3. The summed E-state index contributed by atoms with van der Waals surface area (Å²) in [6.07, 6.45) is 0. The first-order chi connectivity index (χ1) is 16.8. The number of benzene rings is 3. The normalized spacial score (nSPS) is 11.8. The molecule has 7 nitrogen and oxygen atoms in total. The van der Waals surface area contributed by atoms with Gasteiger partial charge in [0.2, 0.25) is 0 Å². The van der Waals surface area contributed by atoms with Crippen molar-refractivity contribution >= 4 is 28.4 Å². The van der Waals surface area contributed by atoms with Gasteiger partial charge in [-0.2, -0.15) is 0 Å². The van der Waals surface area contributed by atoms with Gasteiger partial charge in [0.1, 0.15) is 28.3 Å². The Morgan fingerprint density at radius 2 is 1.66 bits per heavy atom.